The minimum absolute atomic E-state index is 0.233. The third-order valence-corrected chi connectivity index (χ3v) is 2.97. The van der Waals surface area contributed by atoms with Gasteiger partial charge in [0.2, 0.25) is 0 Å². The van der Waals surface area contributed by atoms with Gasteiger partial charge in [-0.3, -0.25) is 0 Å². The first-order chi connectivity index (χ1) is 7.35. The van der Waals surface area contributed by atoms with Gasteiger partial charge in [0.05, 0.1) is 19.8 Å². The van der Waals surface area contributed by atoms with Gasteiger partial charge < -0.3 is 14.7 Å². The lowest BCUT2D eigenvalue weighted by Gasteiger charge is -2.25. The Morgan fingerprint density at radius 3 is 3.13 bits per heavy atom. The quantitative estimate of drug-likeness (QED) is 0.818. The third-order valence-electron chi connectivity index (χ3n) is 2.97. The van der Waals surface area contributed by atoms with Gasteiger partial charge >= 0.3 is 0 Å². The lowest BCUT2D eigenvalue weighted by Crippen LogP contribution is -2.31. The second kappa shape index (κ2) is 4.53. The molecule has 0 aromatic heterocycles. The molecule has 1 heterocycles. The zero-order valence-corrected chi connectivity index (χ0v) is 9.02. The molecule has 0 unspecified atom stereocenters. The summed E-state index contributed by atoms with van der Waals surface area (Å²) in [6, 6.07) is 8.29. The minimum atomic E-state index is 0.233. The van der Waals surface area contributed by atoms with E-state index in [1.165, 1.54) is 0 Å². The summed E-state index contributed by atoms with van der Waals surface area (Å²) < 4.78 is 5.19. The summed E-state index contributed by atoms with van der Waals surface area (Å²) in [5.74, 6) is 0.871. The monoisotopic (exact) mass is 207 g/mol. The number of benzene rings is 1. The number of aliphatic hydroxyl groups is 1. The highest BCUT2D eigenvalue weighted by Crippen LogP contribution is 2.27. The average molecular weight is 207 g/mol. The lowest BCUT2D eigenvalue weighted by molar-refractivity contribution is 0.266. The molecule has 1 atom stereocenters. The van der Waals surface area contributed by atoms with E-state index in [1.807, 2.05) is 18.2 Å². The van der Waals surface area contributed by atoms with Gasteiger partial charge in [-0.2, -0.15) is 0 Å². The van der Waals surface area contributed by atoms with Crippen LogP contribution in [0.25, 0.3) is 0 Å². The van der Waals surface area contributed by atoms with Gasteiger partial charge in [-0.05, 0) is 25.0 Å². The van der Waals surface area contributed by atoms with E-state index in [2.05, 4.69) is 11.0 Å². The Bertz CT molecular complexity index is 327. The number of hydrogen-bond donors (Lipinski definition) is 1. The Labute approximate surface area is 90.3 Å². The van der Waals surface area contributed by atoms with Crippen LogP contribution in [0, 0.1) is 0 Å². The van der Waals surface area contributed by atoms with Crippen molar-refractivity contribution in [1.29, 1.82) is 0 Å². The van der Waals surface area contributed by atoms with Crippen molar-refractivity contribution in [3.63, 3.8) is 0 Å². The van der Waals surface area contributed by atoms with E-state index in [0.29, 0.717) is 0 Å². The zero-order valence-electron chi connectivity index (χ0n) is 9.02. The van der Waals surface area contributed by atoms with Crippen molar-refractivity contribution in [1.82, 2.24) is 0 Å². The maximum atomic E-state index is 9.25. The van der Waals surface area contributed by atoms with E-state index < -0.39 is 0 Å². The standard InChI is InChI=1S/C12H17NO2/c1-15-12-6-2-4-10(8-12)13-7-3-5-11(13)9-14/h2,4,6,8,11,14H,3,5,7,9H2,1H3/t11-/m1/s1. The minimum Gasteiger partial charge on any atom is -0.497 e. The predicted molar refractivity (Wildman–Crippen MR) is 60.4 cm³/mol. The molecule has 1 saturated heterocycles. The Morgan fingerprint density at radius 2 is 2.40 bits per heavy atom. The first-order valence-electron chi connectivity index (χ1n) is 5.36. The molecule has 3 nitrogen and oxygen atoms in total. The van der Waals surface area contributed by atoms with Gasteiger partial charge in [-0.15, -0.1) is 0 Å². The van der Waals surface area contributed by atoms with Crippen LogP contribution in [-0.4, -0.2) is 31.4 Å². The Balaban J connectivity index is 2.20. The second-order valence-corrected chi connectivity index (χ2v) is 3.87. The van der Waals surface area contributed by atoms with Crippen molar-refractivity contribution in [3.05, 3.63) is 24.3 Å². The fraction of sp³-hybridized carbons (Fsp3) is 0.500. The number of rotatable bonds is 3. The molecular formula is C12H17NO2. The van der Waals surface area contributed by atoms with E-state index in [0.717, 1.165) is 30.8 Å². The fourth-order valence-corrected chi connectivity index (χ4v) is 2.15. The van der Waals surface area contributed by atoms with Crippen LogP contribution in [-0.2, 0) is 0 Å². The predicted octanol–water partition coefficient (Wildman–Crippen LogP) is 1.66. The van der Waals surface area contributed by atoms with Gasteiger partial charge in [-0.1, -0.05) is 6.07 Å². The number of methoxy groups -OCH3 is 1. The first-order valence-corrected chi connectivity index (χ1v) is 5.36. The lowest BCUT2D eigenvalue weighted by atomic mass is 10.2. The van der Waals surface area contributed by atoms with Crippen LogP contribution in [0.1, 0.15) is 12.8 Å². The van der Waals surface area contributed by atoms with Gasteiger partial charge in [0.1, 0.15) is 5.75 Å². The summed E-state index contributed by atoms with van der Waals surface area (Å²) in [4.78, 5) is 2.25. The number of aliphatic hydroxyl groups excluding tert-OH is 1. The number of ether oxygens (including phenoxy) is 1. The van der Waals surface area contributed by atoms with E-state index in [1.54, 1.807) is 7.11 Å². The summed E-state index contributed by atoms with van der Waals surface area (Å²) >= 11 is 0. The molecule has 2 rings (SSSR count). The van der Waals surface area contributed by atoms with Gasteiger partial charge in [0, 0.05) is 18.3 Å². The maximum absolute atomic E-state index is 9.25. The van der Waals surface area contributed by atoms with Crippen molar-refractivity contribution in [3.8, 4) is 5.75 Å². The number of nitrogens with zero attached hydrogens (tertiary/aromatic N) is 1. The number of anilines is 1. The molecule has 1 aromatic carbocycles. The molecule has 0 bridgehead atoms. The SMILES string of the molecule is COc1cccc(N2CCC[C@@H]2CO)c1. The maximum Gasteiger partial charge on any atom is 0.120 e. The van der Waals surface area contributed by atoms with Crippen molar-refractivity contribution in [2.24, 2.45) is 0 Å². The van der Waals surface area contributed by atoms with E-state index in [9.17, 15) is 5.11 Å². The smallest absolute Gasteiger partial charge is 0.120 e. The highest BCUT2D eigenvalue weighted by atomic mass is 16.5. The molecule has 3 heteroatoms. The zero-order chi connectivity index (χ0) is 10.7. The van der Waals surface area contributed by atoms with Crippen LogP contribution < -0.4 is 9.64 Å². The van der Waals surface area contributed by atoms with Gasteiger partial charge in [-0.25, -0.2) is 0 Å². The van der Waals surface area contributed by atoms with Crippen LogP contribution in [0.5, 0.6) is 5.75 Å². The Kier molecular flexibility index (Phi) is 3.11. The molecule has 0 amide bonds. The Hall–Kier alpha value is -1.22. The molecule has 1 N–H and O–H groups in total. The van der Waals surface area contributed by atoms with Crippen molar-refractivity contribution < 1.29 is 9.84 Å². The summed E-state index contributed by atoms with van der Waals surface area (Å²) in [5.41, 5.74) is 1.14. The van der Waals surface area contributed by atoms with E-state index in [4.69, 9.17) is 4.74 Å². The normalized spacial score (nSPS) is 20.7. The molecule has 1 fully saturated rings. The summed E-state index contributed by atoms with van der Waals surface area (Å²) in [6.45, 7) is 1.26. The first kappa shape index (κ1) is 10.3. The van der Waals surface area contributed by atoms with Crippen LogP contribution >= 0.6 is 0 Å². The molecule has 1 aromatic rings. The second-order valence-electron chi connectivity index (χ2n) is 3.87. The summed E-state index contributed by atoms with van der Waals surface area (Å²) in [7, 11) is 1.67. The van der Waals surface area contributed by atoms with Crippen molar-refractivity contribution in [2.75, 3.05) is 25.2 Å². The highest BCUT2D eigenvalue weighted by Gasteiger charge is 2.23. The summed E-state index contributed by atoms with van der Waals surface area (Å²) in [6.07, 6.45) is 2.23. The van der Waals surface area contributed by atoms with Gasteiger partial charge in [0.15, 0.2) is 0 Å². The molecule has 15 heavy (non-hydrogen) atoms. The van der Waals surface area contributed by atoms with Gasteiger partial charge in [0.25, 0.3) is 0 Å². The Morgan fingerprint density at radius 1 is 1.53 bits per heavy atom. The van der Waals surface area contributed by atoms with E-state index >= 15 is 0 Å². The molecule has 82 valence electrons. The molecule has 0 radical (unpaired) electrons. The molecule has 1 aliphatic rings. The average Bonchev–Trinajstić information content (AvgIpc) is 2.77. The third kappa shape index (κ3) is 2.07. The largest absolute Gasteiger partial charge is 0.497 e. The van der Waals surface area contributed by atoms with E-state index in [-0.39, 0.29) is 12.6 Å². The molecule has 0 saturated carbocycles. The highest BCUT2D eigenvalue weighted by molar-refractivity contribution is 5.52. The topological polar surface area (TPSA) is 32.7 Å². The van der Waals surface area contributed by atoms with Crippen LogP contribution in [0.2, 0.25) is 0 Å². The van der Waals surface area contributed by atoms with Crippen LogP contribution in [0.15, 0.2) is 24.3 Å². The number of hydrogen-bond acceptors (Lipinski definition) is 3. The van der Waals surface area contributed by atoms with Crippen molar-refractivity contribution in [2.45, 2.75) is 18.9 Å². The molecule has 1 aliphatic heterocycles. The van der Waals surface area contributed by atoms with Crippen LogP contribution in [0.3, 0.4) is 0 Å². The molecule has 0 aliphatic carbocycles. The van der Waals surface area contributed by atoms with Crippen LogP contribution in [0.4, 0.5) is 5.69 Å². The molecule has 0 spiro atoms. The summed E-state index contributed by atoms with van der Waals surface area (Å²) in [5, 5.41) is 9.25. The fourth-order valence-electron chi connectivity index (χ4n) is 2.15. The molecular weight excluding hydrogens is 190 g/mol. The van der Waals surface area contributed by atoms with Crippen molar-refractivity contribution >= 4 is 5.69 Å².